The molecule has 1 N–H and O–H groups in total. The van der Waals surface area contributed by atoms with Crippen LogP contribution in [0.1, 0.15) is 26.2 Å². The largest absolute Gasteiger partial charge is 0.497 e. The molecule has 1 atom stereocenters. The Bertz CT molecular complexity index is 1420. The van der Waals surface area contributed by atoms with E-state index >= 15 is 0 Å². The van der Waals surface area contributed by atoms with E-state index in [2.05, 4.69) is 10.3 Å². The Hall–Kier alpha value is -3.44. The van der Waals surface area contributed by atoms with Gasteiger partial charge in [0.15, 0.2) is 0 Å². The fraction of sp³-hybridized carbons (Fsp3) is 0.375. The number of nitrogens with zero attached hydrogens (tertiary/aromatic N) is 3. The fourth-order valence-electron chi connectivity index (χ4n) is 4.29. The first-order valence-corrected chi connectivity index (χ1v) is 12.7. The number of hydrogen-bond donors (Lipinski definition) is 1. The highest BCUT2D eigenvalue weighted by molar-refractivity contribution is 7.89. The van der Waals surface area contributed by atoms with E-state index in [0.717, 1.165) is 19.3 Å². The normalized spacial score (nSPS) is 16.7. The first kappa shape index (κ1) is 24.7. The van der Waals surface area contributed by atoms with Crippen molar-refractivity contribution in [2.75, 3.05) is 26.1 Å². The average Bonchev–Trinajstić information content (AvgIpc) is 2.85. The third-order valence-electron chi connectivity index (χ3n) is 6.17. The summed E-state index contributed by atoms with van der Waals surface area (Å²) in [7, 11) is -0.692. The second-order valence-corrected chi connectivity index (χ2v) is 10.3. The highest BCUT2D eigenvalue weighted by Crippen LogP contribution is 2.29. The number of nitrogens with one attached hydrogen (secondary N) is 1. The van der Waals surface area contributed by atoms with E-state index in [-0.39, 0.29) is 17.5 Å². The van der Waals surface area contributed by atoms with Crippen LogP contribution in [0.2, 0.25) is 0 Å². The van der Waals surface area contributed by atoms with Gasteiger partial charge in [-0.3, -0.25) is 9.36 Å². The topological polar surface area (TPSA) is 120 Å². The Balaban J connectivity index is 1.62. The second-order valence-electron chi connectivity index (χ2n) is 8.42. The lowest BCUT2D eigenvalue weighted by Crippen LogP contribution is -2.41. The van der Waals surface area contributed by atoms with Gasteiger partial charge in [-0.15, -0.1) is 0 Å². The van der Waals surface area contributed by atoms with E-state index in [0.29, 0.717) is 34.6 Å². The van der Waals surface area contributed by atoms with Gasteiger partial charge >= 0.3 is 5.69 Å². The Kier molecular flexibility index (Phi) is 7.08. The summed E-state index contributed by atoms with van der Waals surface area (Å²) in [6, 6.07) is 9.38. The monoisotopic (exact) mass is 500 g/mol. The van der Waals surface area contributed by atoms with Gasteiger partial charge in [0.05, 0.1) is 30.3 Å². The minimum atomic E-state index is -3.69. The van der Waals surface area contributed by atoms with Crippen molar-refractivity contribution in [3.8, 4) is 11.5 Å². The summed E-state index contributed by atoms with van der Waals surface area (Å²) in [5.41, 5.74) is 0.214. The molecule has 11 heteroatoms. The molecule has 0 unspecified atom stereocenters. The number of methoxy groups -OCH3 is 2. The zero-order valence-corrected chi connectivity index (χ0v) is 20.7. The number of fused-ring (bicyclic) bond motifs is 1. The molecular formula is C24H28N4O6S. The molecule has 2 aromatic carbocycles. The number of aromatic nitrogens is 2. The maximum Gasteiger partial charge on any atom is 0.348 e. The highest BCUT2D eigenvalue weighted by Gasteiger charge is 2.31. The van der Waals surface area contributed by atoms with Crippen LogP contribution in [0, 0.1) is 0 Å². The molecule has 0 aliphatic carbocycles. The number of carbonyl (C=O) groups is 1. The number of ether oxygens (including phenoxy) is 2. The molecule has 3 aromatic rings. The van der Waals surface area contributed by atoms with Crippen LogP contribution in [0.25, 0.3) is 10.9 Å². The third-order valence-corrected chi connectivity index (χ3v) is 8.18. The summed E-state index contributed by atoms with van der Waals surface area (Å²) in [5.74, 6) is 0.505. The summed E-state index contributed by atoms with van der Waals surface area (Å²) < 4.78 is 39.7. The Morgan fingerprint density at radius 3 is 2.66 bits per heavy atom. The number of rotatable bonds is 7. The van der Waals surface area contributed by atoms with E-state index in [1.165, 1.54) is 41.4 Å². The van der Waals surface area contributed by atoms with Gasteiger partial charge in [-0.2, -0.15) is 4.31 Å². The van der Waals surface area contributed by atoms with Gasteiger partial charge < -0.3 is 14.8 Å². The number of amides is 1. The molecule has 1 fully saturated rings. The lowest BCUT2D eigenvalue weighted by molar-refractivity contribution is -0.116. The van der Waals surface area contributed by atoms with Crippen LogP contribution < -0.4 is 20.5 Å². The molecule has 186 valence electrons. The van der Waals surface area contributed by atoms with Gasteiger partial charge in [-0.25, -0.2) is 18.2 Å². The predicted octanol–water partition coefficient (Wildman–Crippen LogP) is 2.62. The predicted molar refractivity (Wildman–Crippen MR) is 131 cm³/mol. The molecule has 1 aromatic heterocycles. The maximum atomic E-state index is 13.2. The summed E-state index contributed by atoms with van der Waals surface area (Å²) >= 11 is 0. The number of sulfonamides is 1. The standard InChI is InChI=1S/C24H28N4O6S/c1-16-6-4-5-11-28(16)35(31,32)19-8-10-21-17(12-19)14-25-24(30)27(21)15-23(29)26-20-9-7-18(33-2)13-22(20)34-3/h7-10,12-14,16H,4-6,11,15H2,1-3H3,(H,26,29)/t16-/m1/s1. The minimum Gasteiger partial charge on any atom is -0.497 e. The summed E-state index contributed by atoms with van der Waals surface area (Å²) in [6.45, 7) is 2.08. The van der Waals surface area contributed by atoms with Crippen molar-refractivity contribution in [1.82, 2.24) is 13.9 Å². The summed E-state index contributed by atoms with van der Waals surface area (Å²) in [4.78, 5) is 29.3. The first-order chi connectivity index (χ1) is 16.7. The van der Waals surface area contributed by atoms with E-state index < -0.39 is 21.6 Å². The van der Waals surface area contributed by atoms with E-state index in [1.807, 2.05) is 6.92 Å². The zero-order valence-electron chi connectivity index (χ0n) is 19.9. The van der Waals surface area contributed by atoms with Crippen molar-refractivity contribution in [3.05, 3.63) is 53.1 Å². The molecule has 2 heterocycles. The molecular weight excluding hydrogens is 472 g/mol. The van der Waals surface area contributed by atoms with Crippen LogP contribution in [-0.2, 0) is 21.4 Å². The quantitative estimate of drug-likeness (QED) is 0.529. The van der Waals surface area contributed by atoms with E-state index in [9.17, 15) is 18.0 Å². The summed E-state index contributed by atoms with van der Waals surface area (Å²) in [6.07, 6.45) is 3.98. The van der Waals surface area contributed by atoms with Gasteiger partial charge in [-0.05, 0) is 50.1 Å². The number of hydrogen-bond acceptors (Lipinski definition) is 7. The second kappa shape index (κ2) is 10.0. The minimum absolute atomic E-state index is 0.0739. The van der Waals surface area contributed by atoms with Gasteiger partial charge in [0.1, 0.15) is 18.0 Å². The van der Waals surface area contributed by atoms with Crippen molar-refractivity contribution < 1.29 is 22.7 Å². The SMILES string of the molecule is COc1ccc(NC(=O)Cn2c(=O)ncc3cc(S(=O)(=O)N4CCCC[C@H]4C)ccc32)c(OC)c1. The Labute approximate surface area is 203 Å². The highest BCUT2D eigenvalue weighted by atomic mass is 32.2. The van der Waals surface area contributed by atoms with Crippen LogP contribution in [0.15, 0.2) is 52.3 Å². The smallest absolute Gasteiger partial charge is 0.348 e. The zero-order chi connectivity index (χ0) is 25.2. The lowest BCUT2D eigenvalue weighted by Gasteiger charge is -2.32. The Morgan fingerprint density at radius 2 is 1.94 bits per heavy atom. The van der Waals surface area contributed by atoms with Crippen LogP contribution >= 0.6 is 0 Å². The molecule has 1 saturated heterocycles. The molecule has 0 saturated carbocycles. The fourth-order valence-corrected chi connectivity index (χ4v) is 6.03. The molecule has 4 rings (SSSR count). The summed E-state index contributed by atoms with van der Waals surface area (Å²) in [5, 5.41) is 3.18. The lowest BCUT2D eigenvalue weighted by atomic mass is 10.1. The van der Waals surface area contributed by atoms with Crippen molar-refractivity contribution >= 4 is 32.5 Å². The third kappa shape index (κ3) is 5.01. The van der Waals surface area contributed by atoms with Crippen LogP contribution in [0.4, 0.5) is 5.69 Å². The molecule has 0 spiro atoms. The van der Waals surface area contributed by atoms with Gasteiger partial charge in [-0.1, -0.05) is 6.42 Å². The molecule has 1 aliphatic heterocycles. The number of anilines is 1. The number of benzene rings is 2. The number of carbonyl (C=O) groups excluding carboxylic acids is 1. The van der Waals surface area contributed by atoms with Crippen molar-refractivity contribution in [2.24, 2.45) is 0 Å². The molecule has 1 amide bonds. The van der Waals surface area contributed by atoms with Gasteiger partial charge in [0.25, 0.3) is 0 Å². The van der Waals surface area contributed by atoms with Crippen LogP contribution in [0.5, 0.6) is 11.5 Å². The van der Waals surface area contributed by atoms with E-state index in [1.54, 1.807) is 24.3 Å². The molecule has 0 bridgehead atoms. The van der Waals surface area contributed by atoms with Gasteiger partial charge in [0, 0.05) is 30.2 Å². The maximum absolute atomic E-state index is 13.2. The van der Waals surface area contributed by atoms with Crippen molar-refractivity contribution in [1.29, 1.82) is 0 Å². The Morgan fingerprint density at radius 1 is 1.14 bits per heavy atom. The van der Waals surface area contributed by atoms with Crippen molar-refractivity contribution in [2.45, 2.75) is 43.7 Å². The van der Waals surface area contributed by atoms with Crippen molar-refractivity contribution in [3.63, 3.8) is 0 Å². The number of piperidine rings is 1. The van der Waals surface area contributed by atoms with Crippen LogP contribution in [0.3, 0.4) is 0 Å². The first-order valence-electron chi connectivity index (χ1n) is 11.3. The molecule has 35 heavy (non-hydrogen) atoms. The average molecular weight is 501 g/mol. The van der Waals surface area contributed by atoms with Gasteiger partial charge in [0.2, 0.25) is 15.9 Å². The molecule has 10 nitrogen and oxygen atoms in total. The molecule has 1 aliphatic rings. The molecule has 0 radical (unpaired) electrons. The van der Waals surface area contributed by atoms with Crippen LogP contribution in [-0.4, -0.2) is 55.0 Å². The van der Waals surface area contributed by atoms with E-state index in [4.69, 9.17) is 9.47 Å².